The number of benzene rings is 2. The summed E-state index contributed by atoms with van der Waals surface area (Å²) < 4.78 is 11.4. The van der Waals surface area contributed by atoms with Gasteiger partial charge in [0.1, 0.15) is 18.0 Å². The monoisotopic (exact) mass is 465 g/mol. The van der Waals surface area contributed by atoms with Gasteiger partial charge in [-0.25, -0.2) is 0 Å². The summed E-state index contributed by atoms with van der Waals surface area (Å²) in [7, 11) is 2.02. The standard InChI is InChI=1S/C26H31N3O5/c1-18(2)20-6-4-5-7-23(20)33-16-22(30)19-8-9-24-21(14-19)29(26(32)17-34-24)15-25(31)28-12-10-27(3)11-13-28/h4-9,14,18H,10-13,15-17H2,1-3H3. The van der Waals surface area contributed by atoms with E-state index in [-0.39, 0.29) is 43.3 Å². The van der Waals surface area contributed by atoms with E-state index in [0.29, 0.717) is 35.8 Å². The largest absolute Gasteiger partial charge is 0.485 e. The van der Waals surface area contributed by atoms with E-state index in [4.69, 9.17) is 9.47 Å². The number of ether oxygens (including phenoxy) is 2. The van der Waals surface area contributed by atoms with Crippen LogP contribution in [0.3, 0.4) is 0 Å². The molecule has 0 spiro atoms. The van der Waals surface area contributed by atoms with E-state index in [1.54, 1.807) is 23.1 Å². The number of anilines is 1. The molecule has 180 valence electrons. The lowest BCUT2D eigenvalue weighted by Crippen LogP contribution is -2.52. The van der Waals surface area contributed by atoms with Crippen molar-refractivity contribution < 1.29 is 23.9 Å². The second-order valence-corrected chi connectivity index (χ2v) is 9.04. The van der Waals surface area contributed by atoms with Gasteiger partial charge < -0.3 is 19.3 Å². The maximum Gasteiger partial charge on any atom is 0.265 e. The average Bonchev–Trinajstić information content (AvgIpc) is 2.84. The highest BCUT2D eigenvalue weighted by molar-refractivity contribution is 6.04. The van der Waals surface area contributed by atoms with Gasteiger partial charge in [-0.2, -0.15) is 0 Å². The first kappa shape index (κ1) is 23.8. The highest BCUT2D eigenvalue weighted by Crippen LogP contribution is 2.33. The predicted molar refractivity (Wildman–Crippen MR) is 129 cm³/mol. The van der Waals surface area contributed by atoms with Gasteiger partial charge in [-0.05, 0) is 42.8 Å². The summed E-state index contributed by atoms with van der Waals surface area (Å²) in [5.74, 6) is 0.797. The second-order valence-electron chi connectivity index (χ2n) is 9.04. The minimum Gasteiger partial charge on any atom is -0.485 e. The average molecular weight is 466 g/mol. The lowest BCUT2D eigenvalue weighted by atomic mass is 10.0. The number of carbonyl (C=O) groups excluding carboxylic acids is 3. The van der Waals surface area contributed by atoms with Crippen molar-refractivity contribution in [3.63, 3.8) is 0 Å². The van der Waals surface area contributed by atoms with Crippen LogP contribution in [0, 0.1) is 0 Å². The van der Waals surface area contributed by atoms with E-state index in [1.807, 2.05) is 31.3 Å². The van der Waals surface area contributed by atoms with Crippen LogP contribution in [-0.2, 0) is 9.59 Å². The molecule has 1 saturated heterocycles. The van der Waals surface area contributed by atoms with Crippen LogP contribution >= 0.6 is 0 Å². The Labute approximate surface area is 200 Å². The van der Waals surface area contributed by atoms with E-state index in [2.05, 4.69) is 18.7 Å². The predicted octanol–water partition coefficient (Wildman–Crippen LogP) is 2.57. The van der Waals surface area contributed by atoms with Gasteiger partial charge >= 0.3 is 0 Å². The molecule has 2 aliphatic rings. The summed E-state index contributed by atoms with van der Waals surface area (Å²) >= 11 is 0. The zero-order valence-electron chi connectivity index (χ0n) is 20.0. The Bertz CT molecular complexity index is 1080. The lowest BCUT2D eigenvalue weighted by molar-refractivity contribution is -0.133. The van der Waals surface area contributed by atoms with Crippen molar-refractivity contribution in [2.45, 2.75) is 19.8 Å². The number of hydrogen-bond donors (Lipinski definition) is 0. The van der Waals surface area contributed by atoms with Crippen molar-refractivity contribution in [3.05, 3.63) is 53.6 Å². The van der Waals surface area contributed by atoms with Gasteiger partial charge in [0.2, 0.25) is 5.91 Å². The quantitative estimate of drug-likeness (QED) is 0.585. The third kappa shape index (κ3) is 5.22. The number of hydrogen-bond acceptors (Lipinski definition) is 6. The third-order valence-corrected chi connectivity index (χ3v) is 6.27. The molecule has 0 bridgehead atoms. The number of piperazine rings is 1. The molecule has 8 heteroatoms. The van der Waals surface area contributed by atoms with Crippen molar-refractivity contribution in [1.29, 1.82) is 0 Å². The number of fused-ring (bicyclic) bond motifs is 1. The topological polar surface area (TPSA) is 79.4 Å². The van der Waals surface area contributed by atoms with E-state index in [1.165, 1.54) is 4.90 Å². The minimum atomic E-state index is -0.304. The molecule has 0 aliphatic carbocycles. The number of amides is 2. The second kappa shape index (κ2) is 10.3. The normalized spacial score (nSPS) is 16.3. The first-order chi connectivity index (χ1) is 16.3. The molecule has 0 radical (unpaired) electrons. The van der Waals surface area contributed by atoms with Crippen molar-refractivity contribution in [2.24, 2.45) is 0 Å². The van der Waals surface area contributed by atoms with Gasteiger partial charge in [0.05, 0.1) is 5.69 Å². The number of para-hydroxylation sites is 1. The molecule has 2 heterocycles. The Kier molecular flexibility index (Phi) is 7.17. The molecule has 2 aliphatic heterocycles. The van der Waals surface area contributed by atoms with Crippen LogP contribution in [0.1, 0.15) is 35.7 Å². The number of likely N-dealkylation sites (N-methyl/N-ethyl adjacent to an activating group) is 1. The molecule has 8 nitrogen and oxygen atoms in total. The van der Waals surface area contributed by atoms with Crippen molar-refractivity contribution >= 4 is 23.3 Å². The molecule has 2 aromatic carbocycles. The van der Waals surface area contributed by atoms with Gasteiger partial charge in [-0.15, -0.1) is 0 Å². The number of ketones is 1. The van der Waals surface area contributed by atoms with Crippen LogP contribution in [0.15, 0.2) is 42.5 Å². The molecule has 2 amide bonds. The molecule has 0 aromatic heterocycles. The van der Waals surface area contributed by atoms with E-state index >= 15 is 0 Å². The maximum absolute atomic E-state index is 12.9. The number of nitrogens with zero attached hydrogens (tertiary/aromatic N) is 3. The highest BCUT2D eigenvalue weighted by Gasteiger charge is 2.30. The Hall–Kier alpha value is -3.39. The van der Waals surface area contributed by atoms with E-state index in [9.17, 15) is 14.4 Å². The number of Topliss-reactive ketones (excluding diaryl/α,β-unsaturated/α-hetero) is 1. The Morgan fingerprint density at radius 1 is 1.06 bits per heavy atom. The zero-order valence-corrected chi connectivity index (χ0v) is 20.0. The van der Waals surface area contributed by atoms with E-state index < -0.39 is 0 Å². The van der Waals surface area contributed by atoms with Crippen LogP contribution in [0.5, 0.6) is 11.5 Å². The molecule has 4 rings (SSSR count). The van der Waals surface area contributed by atoms with Crippen molar-refractivity contribution in [3.8, 4) is 11.5 Å². The molecular weight excluding hydrogens is 434 g/mol. The zero-order chi connectivity index (χ0) is 24.2. The van der Waals surface area contributed by atoms with Gasteiger partial charge in [0.25, 0.3) is 5.91 Å². The van der Waals surface area contributed by atoms with Crippen LogP contribution in [0.25, 0.3) is 0 Å². The fourth-order valence-electron chi connectivity index (χ4n) is 4.16. The Morgan fingerprint density at radius 3 is 2.53 bits per heavy atom. The lowest BCUT2D eigenvalue weighted by Gasteiger charge is -2.35. The van der Waals surface area contributed by atoms with Crippen molar-refractivity contribution in [1.82, 2.24) is 9.80 Å². The molecule has 1 fully saturated rings. The third-order valence-electron chi connectivity index (χ3n) is 6.27. The first-order valence-corrected chi connectivity index (χ1v) is 11.6. The fraction of sp³-hybridized carbons (Fsp3) is 0.423. The highest BCUT2D eigenvalue weighted by atomic mass is 16.5. The van der Waals surface area contributed by atoms with Gasteiger partial charge in [-0.3, -0.25) is 19.3 Å². The maximum atomic E-state index is 12.9. The first-order valence-electron chi connectivity index (χ1n) is 11.6. The van der Waals surface area contributed by atoms with Gasteiger partial charge in [-0.1, -0.05) is 32.0 Å². The Morgan fingerprint density at radius 2 is 1.79 bits per heavy atom. The van der Waals surface area contributed by atoms with Crippen LogP contribution < -0.4 is 14.4 Å². The smallest absolute Gasteiger partial charge is 0.265 e. The summed E-state index contributed by atoms with van der Waals surface area (Å²) in [6.45, 7) is 6.68. The molecular formula is C26H31N3O5. The molecule has 2 aromatic rings. The van der Waals surface area contributed by atoms with E-state index in [0.717, 1.165) is 18.7 Å². The van der Waals surface area contributed by atoms with Crippen LogP contribution in [0.2, 0.25) is 0 Å². The molecule has 0 unspecified atom stereocenters. The Balaban J connectivity index is 1.48. The molecule has 34 heavy (non-hydrogen) atoms. The van der Waals surface area contributed by atoms with Gasteiger partial charge in [0.15, 0.2) is 19.0 Å². The number of rotatable bonds is 7. The molecule has 0 N–H and O–H groups in total. The van der Waals surface area contributed by atoms with Crippen LogP contribution in [-0.4, -0.2) is 80.4 Å². The summed E-state index contributed by atoms with van der Waals surface area (Å²) in [6, 6.07) is 12.6. The van der Waals surface area contributed by atoms with Crippen molar-refractivity contribution in [2.75, 3.05) is 57.9 Å². The molecule has 0 atom stereocenters. The van der Waals surface area contributed by atoms with Crippen LogP contribution in [0.4, 0.5) is 5.69 Å². The molecule has 0 saturated carbocycles. The minimum absolute atomic E-state index is 0.0746. The summed E-state index contributed by atoms with van der Waals surface area (Å²) in [4.78, 5) is 43.8. The number of carbonyl (C=O) groups is 3. The summed E-state index contributed by atoms with van der Waals surface area (Å²) in [5.41, 5.74) is 1.87. The van der Waals surface area contributed by atoms with Gasteiger partial charge in [0, 0.05) is 31.7 Å². The fourth-order valence-corrected chi connectivity index (χ4v) is 4.16. The SMILES string of the molecule is CC(C)c1ccccc1OCC(=O)c1ccc2c(c1)N(CC(=O)N1CCN(C)CC1)C(=O)CO2. The summed E-state index contributed by atoms with van der Waals surface area (Å²) in [5, 5.41) is 0. The summed E-state index contributed by atoms with van der Waals surface area (Å²) in [6.07, 6.45) is 0.